The number of aromatic nitrogens is 1. The molecule has 10 rings (SSSR count). The highest BCUT2D eigenvalue weighted by atomic mass is 16.4. The highest BCUT2D eigenvalue weighted by molar-refractivity contribution is 6.11. The highest BCUT2D eigenvalue weighted by Gasteiger charge is 2.27. The molecule has 0 bridgehead atoms. The summed E-state index contributed by atoms with van der Waals surface area (Å²) in [4.78, 5) is 2.15. The maximum Gasteiger partial charge on any atom is 0.208 e. The van der Waals surface area contributed by atoms with Crippen molar-refractivity contribution in [3.63, 3.8) is 0 Å². The minimum atomic E-state index is -0.998. The molecule has 10 aromatic rings. The Morgan fingerprint density at radius 2 is 0.779 bits per heavy atom. The third-order valence-electron chi connectivity index (χ3n) is 11.7. The first-order valence-electron chi connectivity index (χ1n) is 21.3. The van der Waals surface area contributed by atoms with E-state index in [1.165, 1.54) is 18.1 Å². The fourth-order valence-electron chi connectivity index (χ4n) is 8.08. The number of benzene rings is 9. The minimum Gasteiger partial charge on any atom is -0.504 e. The van der Waals surface area contributed by atoms with Gasteiger partial charge in [0.05, 0.1) is 22.3 Å². The molecule has 12 nitrogen and oxygen atoms in total. The van der Waals surface area contributed by atoms with E-state index < -0.39 is 57.5 Å². The molecule has 68 heavy (non-hydrogen) atoms. The number of phenols is 10. The molecule has 0 aliphatic carbocycles. The van der Waals surface area contributed by atoms with E-state index >= 15 is 0 Å². The molecule has 0 atom stereocenters. The Morgan fingerprint density at radius 3 is 1.35 bits per heavy atom. The molecule has 1 heterocycles. The summed E-state index contributed by atoms with van der Waals surface area (Å²) in [6.07, 6.45) is 0. The summed E-state index contributed by atoms with van der Waals surface area (Å²) in [6, 6.07) is 60.5. The molecule has 0 saturated heterocycles. The molecule has 0 aliphatic rings. The van der Waals surface area contributed by atoms with Crippen LogP contribution in [0.15, 0.2) is 182 Å². The second kappa shape index (κ2) is 19.0. The number of rotatable bonds is 6. The third kappa shape index (κ3) is 8.36. The van der Waals surface area contributed by atoms with Crippen LogP contribution in [0.25, 0.3) is 60.9 Å². The largest absolute Gasteiger partial charge is 0.504 e. The van der Waals surface area contributed by atoms with E-state index in [0.717, 1.165) is 44.3 Å². The number of phenolic OH excluding ortho intramolecular Hbond substituents is 10. The van der Waals surface area contributed by atoms with Gasteiger partial charge in [0.1, 0.15) is 0 Å². The van der Waals surface area contributed by atoms with Gasteiger partial charge in [0, 0.05) is 45.9 Å². The quantitative estimate of drug-likeness (QED) is 0.0560. The summed E-state index contributed by atoms with van der Waals surface area (Å²) in [5, 5.41) is 99.2. The lowest BCUT2D eigenvalue weighted by atomic mass is 9.99. The van der Waals surface area contributed by atoms with Gasteiger partial charge < -0.3 is 60.5 Å². The number of para-hydroxylation sites is 4. The van der Waals surface area contributed by atoms with Crippen LogP contribution >= 0.6 is 0 Å². The molecule has 0 amide bonds. The standard InChI is InChI=1S/C37H28N2O5.C12H10.C7H8O5/c1-38(23-11-3-2-4-12-23)28-16-8-5-13-24(28)22-19-20-26-25-14-6-9-17-29(25)39(31(26)21-22)30-18-10-7-15-27(30)32-33(40)35(42)37(44)36(43)34(32)41;1-3-7-11(8-4-1)12-9-5-2-6-10-12;1-2-3(8)5(10)7(12)6(11)4(2)9/h2-21,40-44H,1H3;1-10H;8-12H,1H3. The van der Waals surface area contributed by atoms with Gasteiger partial charge in [-0.05, 0) is 60.0 Å². The first-order chi connectivity index (χ1) is 32.8. The summed E-state index contributed by atoms with van der Waals surface area (Å²) in [7, 11) is 2.04. The predicted molar refractivity (Wildman–Crippen MR) is 266 cm³/mol. The maximum atomic E-state index is 10.9. The maximum absolute atomic E-state index is 10.9. The second-order valence-electron chi connectivity index (χ2n) is 15.7. The first-order valence-corrected chi connectivity index (χ1v) is 21.3. The lowest BCUT2D eigenvalue weighted by molar-refractivity contribution is 0.325. The van der Waals surface area contributed by atoms with Gasteiger partial charge in [-0.3, -0.25) is 0 Å². The van der Waals surface area contributed by atoms with Crippen molar-refractivity contribution in [2.24, 2.45) is 0 Å². The Bertz CT molecular complexity index is 3260. The Hall–Kier alpha value is -9.42. The second-order valence-corrected chi connectivity index (χ2v) is 15.7. The van der Waals surface area contributed by atoms with Crippen LogP contribution in [0, 0.1) is 6.92 Å². The van der Waals surface area contributed by atoms with Crippen molar-refractivity contribution in [3.05, 3.63) is 188 Å². The lowest BCUT2D eigenvalue weighted by Crippen LogP contribution is -2.10. The summed E-state index contributed by atoms with van der Waals surface area (Å²) in [5.41, 5.74) is 9.05. The number of anilines is 2. The average Bonchev–Trinajstić information content (AvgIpc) is 3.72. The third-order valence-corrected chi connectivity index (χ3v) is 11.7. The molecule has 0 spiro atoms. The van der Waals surface area contributed by atoms with Gasteiger partial charge in [-0.25, -0.2) is 0 Å². The van der Waals surface area contributed by atoms with Gasteiger partial charge in [-0.15, -0.1) is 0 Å². The molecular formula is C56H46N2O10. The molecular weight excluding hydrogens is 861 g/mol. The van der Waals surface area contributed by atoms with Crippen LogP contribution in [0.5, 0.6) is 57.5 Å². The van der Waals surface area contributed by atoms with E-state index in [1.807, 2.05) is 90.5 Å². The van der Waals surface area contributed by atoms with Gasteiger partial charge in [0.2, 0.25) is 34.5 Å². The van der Waals surface area contributed by atoms with Crippen LogP contribution in [-0.4, -0.2) is 62.7 Å². The molecule has 0 fully saturated rings. The van der Waals surface area contributed by atoms with Gasteiger partial charge in [0.15, 0.2) is 23.0 Å². The van der Waals surface area contributed by atoms with E-state index in [4.69, 9.17) is 25.5 Å². The van der Waals surface area contributed by atoms with Crippen molar-refractivity contribution in [1.82, 2.24) is 4.57 Å². The Balaban J connectivity index is 0.000000211. The van der Waals surface area contributed by atoms with Crippen LogP contribution in [0.2, 0.25) is 0 Å². The van der Waals surface area contributed by atoms with Crippen molar-refractivity contribution < 1.29 is 51.1 Å². The van der Waals surface area contributed by atoms with Crippen LogP contribution in [-0.2, 0) is 0 Å². The van der Waals surface area contributed by atoms with E-state index in [-0.39, 0.29) is 11.1 Å². The number of fused-ring (bicyclic) bond motifs is 3. The fourth-order valence-corrected chi connectivity index (χ4v) is 8.08. The molecule has 0 saturated carbocycles. The zero-order chi connectivity index (χ0) is 48.2. The topological polar surface area (TPSA) is 210 Å². The Morgan fingerprint density at radius 1 is 0.353 bits per heavy atom. The monoisotopic (exact) mass is 906 g/mol. The number of aromatic hydroxyl groups is 10. The smallest absolute Gasteiger partial charge is 0.208 e. The van der Waals surface area contributed by atoms with Gasteiger partial charge >= 0.3 is 0 Å². The molecule has 0 unspecified atom stereocenters. The van der Waals surface area contributed by atoms with Crippen LogP contribution in [0.4, 0.5) is 11.4 Å². The SMILES string of the molecule is CN(c1ccccc1)c1ccccc1-c1ccc2c3ccccc3n(-c3ccccc3-c3c(O)c(O)c(O)c(O)c3O)c2c1.Cc1c(O)c(O)c(O)c(O)c1O.c1ccc(-c2ccccc2)cc1. The van der Waals surface area contributed by atoms with E-state index in [2.05, 4.69) is 95.9 Å². The Kier molecular flexibility index (Phi) is 12.6. The zero-order valence-electron chi connectivity index (χ0n) is 36.7. The summed E-state index contributed by atoms with van der Waals surface area (Å²) < 4.78 is 2.03. The van der Waals surface area contributed by atoms with Crippen molar-refractivity contribution in [3.8, 4) is 96.6 Å². The lowest BCUT2D eigenvalue weighted by Gasteiger charge is -2.23. The minimum absolute atomic E-state index is 0.0946. The average molecular weight is 907 g/mol. The van der Waals surface area contributed by atoms with E-state index in [1.54, 1.807) is 12.1 Å². The van der Waals surface area contributed by atoms with Crippen molar-refractivity contribution in [2.75, 3.05) is 11.9 Å². The number of nitrogens with zero attached hydrogens (tertiary/aromatic N) is 2. The summed E-state index contributed by atoms with van der Waals surface area (Å²) in [6.45, 7) is 1.28. The summed E-state index contributed by atoms with van der Waals surface area (Å²) in [5.74, 6) is -8.26. The van der Waals surface area contributed by atoms with E-state index in [9.17, 15) is 25.5 Å². The molecule has 0 aliphatic heterocycles. The molecule has 9 aromatic carbocycles. The molecule has 12 heteroatoms. The normalized spacial score (nSPS) is 10.8. The highest BCUT2D eigenvalue weighted by Crippen LogP contribution is 2.56. The molecule has 10 N–H and O–H groups in total. The predicted octanol–water partition coefficient (Wildman–Crippen LogP) is 12.3. The van der Waals surface area contributed by atoms with Gasteiger partial charge in [-0.2, -0.15) is 0 Å². The summed E-state index contributed by atoms with van der Waals surface area (Å²) >= 11 is 0. The van der Waals surface area contributed by atoms with Crippen molar-refractivity contribution in [2.45, 2.75) is 6.92 Å². The molecule has 0 radical (unpaired) electrons. The molecule has 1 aromatic heterocycles. The number of hydrogen-bond donors (Lipinski definition) is 10. The van der Waals surface area contributed by atoms with Crippen molar-refractivity contribution in [1.29, 1.82) is 0 Å². The fraction of sp³-hybridized carbons (Fsp3) is 0.0357. The van der Waals surface area contributed by atoms with Crippen molar-refractivity contribution >= 4 is 33.2 Å². The first kappa shape index (κ1) is 45.2. The molecule has 340 valence electrons. The van der Waals surface area contributed by atoms with Crippen LogP contribution in [0.3, 0.4) is 0 Å². The Labute approximate surface area is 390 Å². The van der Waals surface area contributed by atoms with Crippen LogP contribution in [0.1, 0.15) is 5.56 Å². The zero-order valence-corrected chi connectivity index (χ0v) is 36.7. The van der Waals surface area contributed by atoms with E-state index in [0.29, 0.717) is 11.3 Å². The van der Waals surface area contributed by atoms with Crippen LogP contribution < -0.4 is 4.90 Å². The van der Waals surface area contributed by atoms with Gasteiger partial charge in [0.25, 0.3) is 0 Å². The van der Waals surface area contributed by atoms with Gasteiger partial charge in [-0.1, -0.05) is 146 Å². The number of hydrogen-bond acceptors (Lipinski definition) is 11.